The predicted molar refractivity (Wildman–Crippen MR) is 153 cm³/mol. The first-order chi connectivity index (χ1) is 18.6. The van der Waals surface area contributed by atoms with Crippen LogP contribution in [0.25, 0.3) is 11.4 Å². The number of nitrogens with zero attached hydrogens (tertiary/aromatic N) is 6. The zero-order valence-electron chi connectivity index (χ0n) is 21.6. The molecule has 2 N–H and O–H groups in total. The summed E-state index contributed by atoms with van der Waals surface area (Å²) in [5, 5.41) is 7.30. The third kappa shape index (κ3) is 5.95. The molecule has 1 aliphatic heterocycles. The highest BCUT2D eigenvalue weighted by molar-refractivity contribution is 6.33. The van der Waals surface area contributed by atoms with Crippen molar-refractivity contribution in [3.05, 3.63) is 72.1 Å². The maximum Gasteiger partial charge on any atom is 0.229 e. The van der Waals surface area contributed by atoms with Crippen molar-refractivity contribution in [1.29, 1.82) is 0 Å². The molecule has 10 heteroatoms. The molecule has 0 amide bonds. The van der Waals surface area contributed by atoms with Gasteiger partial charge in [-0.3, -0.25) is 14.9 Å². The zero-order valence-corrected chi connectivity index (χ0v) is 22.3. The number of methoxy groups -OCH3 is 1. The van der Waals surface area contributed by atoms with E-state index >= 15 is 0 Å². The molecule has 196 valence electrons. The Bertz CT molecular complexity index is 1360. The summed E-state index contributed by atoms with van der Waals surface area (Å²) in [5.41, 5.74) is 4.06. The van der Waals surface area contributed by atoms with E-state index in [0.29, 0.717) is 28.2 Å². The first-order valence-corrected chi connectivity index (χ1v) is 13.1. The van der Waals surface area contributed by atoms with E-state index < -0.39 is 0 Å². The Morgan fingerprint density at radius 3 is 2.53 bits per heavy atom. The van der Waals surface area contributed by atoms with Gasteiger partial charge in [0.2, 0.25) is 5.95 Å². The van der Waals surface area contributed by atoms with Crippen molar-refractivity contribution in [2.24, 2.45) is 0 Å². The molecule has 1 aliphatic rings. The molecule has 0 atom stereocenters. The molecule has 5 rings (SSSR count). The number of halogens is 1. The van der Waals surface area contributed by atoms with E-state index in [1.165, 1.54) is 6.42 Å². The van der Waals surface area contributed by atoms with Crippen molar-refractivity contribution < 1.29 is 4.74 Å². The van der Waals surface area contributed by atoms with E-state index in [9.17, 15) is 0 Å². The standard InChI is InChI=1S/C28H31ClN8O/c1-3-13-36-14-16-37(17-15-36)24-10-9-20(18-21(24)29)33-28-32-19-25(38-2)27(35-28)34-23-8-6-12-31-26(23)22-7-4-5-11-30-22/h4-12,18-19H,3,13-17H2,1-2H3,(H2,32,33,34,35). The van der Waals surface area contributed by atoms with Crippen molar-refractivity contribution in [1.82, 2.24) is 24.8 Å². The molecular formula is C28H31ClN8O. The Kier molecular flexibility index (Phi) is 8.15. The van der Waals surface area contributed by atoms with E-state index in [2.05, 4.69) is 53.4 Å². The lowest BCUT2D eigenvalue weighted by Gasteiger charge is -2.36. The highest BCUT2D eigenvalue weighted by Gasteiger charge is 2.19. The van der Waals surface area contributed by atoms with Crippen molar-refractivity contribution in [2.75, 3.05) is 55.4 Å². The van der Waals surface area contributed by atoms with Crippen molar-refractivity contribution in [3.8, 4) is 17.1 Å². The number of aromatic nitrogens is 4. The van der Waals surface area contributed by atoms with Crippen LogP contribution in [0.4, 0.5) is 28.8 Å². The fourth-order valence-electron chi connectivity index (χ4n) is 4.51. The summed E-state index contributed by atoms with van der Waals surface area (Å²) in [7, 11) is 1.58. The predicted octanol–water partition coefficient (Wildman–Crippen LogP) is 5.61. The number of hydrogen-bond donors (Lipinski definition) is 2. The highest BCUT2D eigenvalue weighted by Crippen LogP contribution is 2.33. The minimum atomic E-state index is 0.411. The summed E-state index contributed by atoms with van der Waals surface area (Å²) in [6.07, 6.45) is 6.28. The van der Waals surface area contributed by atoms with Gasteiger partial charge >= 0.3 is 0 Å². The largest absolute Gasteiger partial charge is 0.491 e. The number of piperazine rings is 1. The summed E-state index contributed by atoms with van der Waals surface area (Å²) in [4.78, 5) is 22.9. The lowest BCUT2D eigenvalue weighted by atomic mass is 10.2. The zero-order chi connectivity index (χ0) is 26.3. The maximum atomic E-state index is 6.71. The summed E-state index contributed by atoms with van der Waals surface area (Å²) in [6, 6.07) is 15.5. The van der Waals surface area contributed by atoms with E-state index in [1.807, 2.05) is 42.5 Å². The average molecular weight is 531 g/mol. The first-order valence-electron chi connectivity index (χ1n) is 12.7. The SMILES string of the molecule is CCCN1CCN(c2ccc(Nc3ncc(OC)c(Nc4cccnc4-c4ccccn4)n3)cc2Cl)CC1. The fraction of sp³-hybridized carbons (Fsp3) is 0.286. The fourth-order valence-corrected chi connectivity index (χ4v) is 4.81. The third-order valence-corrected chi connectivity index (χ3v) is 6.70. The van der Waals surface area contributed by atoms with Crippen LogP contribution < -0.4 is 20.3 Å². The Balaban J connectivity index is 1.33. The Labute approximate surface area is 227 Å². The molecule has 1 fully saturated rings. The third-order valence-electron chi connectivity index (χ3n) is 6.40. The van der Waals surface area contributed by atoms with Crippen LogP contribution >= 0.6 is 11.6 Å². The number of benzene rings is 1. The number of rotatable bonds is 9. The molecule has 4 heterocycles. The van der Waals surface area contributed by atoms with E-state index in [1.54, 1.807) is 25.7 Å². The summed E-state index contributed by atoms with van der Waals surface area (Å²) < 4.78 is 5.51. The second-order valence-corrected chi connectivity index (χ2v) is 9.38. The lowest BCUT2D eigenvalue weighted by molar-refractivity contribution is 0.258. The Morgan fingerprint density at radius 2 is 1.79 bits per heavy atom. The van der Waals surface area contributed by atoms with Gasteiger partial charge in [0.1, 0.15) is 5.69 Å². The molecule has 38 heavy (non-hydrogen) atoms. The monoisotopic (exact) mass is 530 g/mol. The van der Waals surface area contributed by atoms with Crippen LogP contribution in [0.3, 0.4) is 0 Å². The second kappa shape index (κ2) is 12.1. The normalized spacial score (nSPS) is 13.8. The quantitative estimate of drug-likeness (QED) is 0.286. The molecule has 0 aliphatic carbocycles. The summed E-state index contributed by atoms with van der Waals surface area (Å²) >= 11 is 6.71. The molecule has 0 saturated carbocycles. The molecule has 0 bridgehead atoms. The number of ether oxygens (including phenoxy) is 1. The molecule has 4 aromatic rings. The van der Waals surface area contributed by atoms with E-state index in [0.717, 1.165) is 55.5 Å². The van der Waals surface area contributed by atoms with Gasteiger partial charge < -0.3 is 20.3 Å². The topological polar surface area (TPSA) is 91.3 Å². The molecule has 9 nitrogen and oxygen atoms in total. The van der Waals surface area contributed by atoms with Crippen LogP contribution in [0, 0.1) is 0 Å². The first kappa shape index (κ1) is 25.7. The van der Waals surface area contributed by atoms with Crippen LogP contribution in [0.2, 0.25) is 5.02 Å². The molecular weight excluding hydrogens is 500 g/mol. The molecule has 0 radical (unpaired) electrons. The molecule has 0 unspecified atom stereocenters. The number of anilines is 5. The van der Waals surface area contributed by atoms with Crippen molar-refractivity contribution >= 4 is 40.4 Å². The van der Waals surface area contributed by atoms with E-state index in [4.69, 9.17) is 16.3 Å². The Morgan fingerprint density at radius 1 is 0.947 bits per heavy atom. The molecule has 1 aromatic carbocycles. The molecule has 0 spiro atoms. The smallest absolute Gasteiger partial charge is 0.229 e. The highest BCUT2D eigenvalue weighted by atomic mass is 35.5. The van der Waals surface area contributed by atoms with Crippen LogP contribution in [-0.4, -0.2) is 64.7 Å². The maximum absolute atomic E-state index is 6.71. The average Bonchev–Trinajstić information content (AvgIpc) is 2.95. The van der Waals surface area contributed by atoms with Gasteiger partial charge in [-0.2, -0.15) is 4.98 Å². The minimum absolute atomic E-state index is 0.411. The van der Waals surface area contributed by atoms with Crippen LogP contribution in [0.5, 0.6) is 5.75 Å². The van der Waals surface area contributed by atoms with Gasteiger partial charge in [0.05, 0.1) is 35.4 Å². The second-order valence-electron chi connectivity index (χ2n) is 8.97. The van der Waals surface area contributed by atoms with Crippen LogP contribution in [0.15, 0.2) is 67.1 Å². The Hall–Kier alpha value is -3.95. The number of nitrogens with one attached hydrogen (secondary N) is 2. The van der Waals surface area contributed by atoms with Gasteiger partial charge in [0.25, 0.3) is 0 Å². The number of pyridine rings is 2. The van der Waals surface area contributed by atoms with Crippen LogP contribution in [-0.2, 0) is 0 Å². The van der Waals surface area contributed by atoms with Gasteiger partial charge in [0.15, 0.2) is 11.6 Å². The van der Waals surface area contributed by atoms with Crippen molar-refractivity contribution in [2.45, 2.75) is 13.3 Å². The summed E-state index contributed by atoms with van der Waals surface area (Å²) in [6.45, 7) is 7.42. The van der Waals surface area contributed by atoms with Gasteiger partial charge in [0, 0.05) is 44.3 Å². The molecule has 1 saturated heterocycles. The van der Waals surface area contributed by atoms with E-state index in [-0.39, 0.29) is 0 Å². The van der Waals surface area contributed by atoms with Gasteiger partial charge in [-0.1, -0.05) is 24.6 Å². The minimum Gasteiger partial charge on any atom is -0.491 e. The number of hydrogen-bond acceptors (Lipinski definition) is 9. The molecule has 3 aromatic heterocycles. The summed E-state index contributed by atoms with van der Waals surface area (Å²) in [5.74, 6) is 1.42. The lowest BCUT2D eigenvalue weighted by Crippen LogP contribution is -2.46. The van der Waals surface area contributed by atoms with Gasteiger partial charge in [-0.25, -0.2) is 4.98 Å². The van der Waals surface area contributed by atoms with Crippen LogP contribution in [0.1, 0.15) is 13.3 Å². The van der Waals surface area contributed by atoms with Gasteiger partial charge in [-0.15, -0.1) is 0 Å². The van der Waals surface area contributed by atoms with Gasteiger partial charge in [-0.05, 0) is 55.4 Å². The van der Waals surface area contributed by atoms with Crippen molar-refractivity contribution in [3.63, 3.8) is 0 Å².